The molecular weight excluding hydrogens is 217 g/mol. The molecule has 0 saturated heterocycles. The topological polar surface area (TPSA) is 0 Å². The molecule has 48 valence electrons. The Morgan fingerprint density at radius 2 is 0.333 bits per heavy atom. The number of hydrogen-bond acceptors (Lipinski definition) is 0. The molecule has 0 N–H and O–H groups in total. The van der Waals surface area contributed by atoms with E-state index >= 15 is 0 Å². The van der Waals surface area contributed by atoms with Gasteiger partial charge in [0.15, 0.2) is 0 Å². The first-order valence-corrected chi connectivity index (χ1v) is 0. The van der Waals surface area contributed by atoms with Gasteiger partial charge in [-0.3, -0.25) is 23.5 Å². The Morgan fingerprint density at radius 3 is 0.333 bits per heavy atom. The summed E-state index contributed by atoms with van der Waals surface area (Å²) in [5.74, 6) is 0. The van der Waals surface area contributed by atoms with E-state index in [1.165, 1.54) is 0 Å². The van der Waals surface area contributed by atoms with Crippen molar-refractivity contribution in [2.75, 3.05) is 0 Å². The predicted octanol–water partition coefficient (Wildman–Crippen LogP) is -0.421. The monoisotopic (exact) mass is 224 g/mol. The van der Waals surface area contributed by atoms with Gasteiger partial charge in [-0.05, 0) is 0 Å². The second-order valence-electron chi connectivity index (χ2n) is 0. The van der Waals surface area contributed by atoms with Crippen molar-refractivity contribution in [3.05, 3.63) is 0 Å². The molecule has 0 nitrogen and oxygen atoms in total. The fraction of sp³-hybridized carbons (Fsp3) is 0. The van der Waals surface area contributed by atoms with Gasteiger partial charge in [0.25, 0.3) is 0 Å². The van der Waals surface area contributed by atoms with Crippen molar-refractivity contribution in [1.82, 2.24) is 0 Å². The molecule has 0 saturated carbocycles. The molecule has 0 aromatic rings. The molecule has 0 aromatic carbocycles. The van der Waals surface area contributed by atoms with E-state index in [1.807, 2.05) is 0 Å². The summed E-state index contributed by atoms with van der Waals surface area (Å²) in [4.78, 5) is 0. The molecule has 0 rings (SSSR count). The van der Waals surface area contributed by atoms with E-state index in [1.54, 1.807) is 0 Å². The van der Waals surface area contributed by atoms with E-state index in [0.717, 1.165) is 0 Å². The van der Waals surface area contributed by atoms with Crippen molar-refractivity contribution >= 4 is 24.4 Å². The maximum atomic E-state index is 0. The van der Waals surface area contributed by atoms with Crippen LogP contribution in [-0.4, -0.2) is 24.4 Å². The van der Waals surface area contributed by atoms with Gasteiger partial charge in [-0.1, -0.05) is 0 Å². The van der Waals surface area contributed by atoms with Crippen LogP contribution >= 0.6 is 0 Å². The zero-order valence-electron chi connectivity index (χ0n) is 2.75. The molecule has 0 bridgehead atoms. The first kappa shape index (κ1) is 882. The van der Waals surface area contributed by atoms with Gasteiger partial charge in [0.1, 0.15) is 0 Å². The second kappa shape index (κ2) is 498. The van der Waals surface area contributed by atoms with Crippen LogP contribution in [0.3, 0.4) is 0 Å². The molecule has 0 aliphatic rings. The van der Waals surface area contributed by atoms with Crippen molar-refractivity contribution in [2.45, 2.75) is 0 Å². The summed E-state index contributed by atoms with van der Waals surface area (Å²) < 4.78 is 0. The molecule has 0 atom stereocenters. The van der Waals surface area contributed by atoms with Crippen LogP contribution in [0, 0.1) is 0 Å². The Balaban J connectivity index is 0. The van der Waals surface area contributed by atoms with Crippen LogP contribution in [0.15, 0.2) is 0 Å². The Kier molecular flexibility index (Phi) is 73200. The Morgan fingerprint density at radius 1 is 0.333 bits per heavy atom. The average molecular weight is 225 g/mol. The summed E-state index contributed by atoms with van der Waals surface area (Å²) >= 11 is 0. The molecule has 0 aromatic heterocycles. The normalized spacial score (nSPS) is 0. The molecule has 0 unspecified atom stereocenters. The molecule has 6 heteroatoms. The van der Waals surface area contributed by atoms with E-state index in [0.29, 0.717) is 0 Å². The average Bonchev–Trinajstić information content (AvgIpc) is 0. The van der Waals surface area contributed by atoms with Gasteiger partial charge in [-0.2, -0.15) is 0 Å². The molecule has 0 fully saturated rings. The zero-order chi connectivity index (χ0) is 0. The van der Waals surface area contributed by atoms with E-state index in [2.05, 4.69) is 0 Å². The van der Waals surface area contributed by atoms with Crippen molar-refractivity contribution in [1.29, 1.82) is 0 Å². The SMILES string of the molecule is F.F.F.F.F.[SbH3]. The summed E-state index contributed by atoms with van der Waals surface area (Å²) in [6, 6.07) is 0. The molecule has 0 spiro atoms. The minimum absolute atomic E-state index is 0. The molecule has 0 aliphatic carbocycles. The number of halogens is 5. The van der Waals surface area contributed by atoms with Crippen LogP contribution in [0.5, 0.6) is 0 Å². The predicted molar refractivity (Wildman–Crippen MR) is 22.5 cm³/mol. The van der Waals surface area contributed by atoms with E-state index in [9.17, 15) is 0 Å². The van der Waals surface area contributed by atoms with Crippen LogP contribution in [0.2, 0.25) is 0 Å². The Labute approximate surface area is 48.6 Å². The van der Waals surface area contributed by atoms with Gasteiger partial charge in [0.2, 0.25) is 0 Å². The van der Waals surface area contributed by atoms with Crippen LogP contribution in [0.25, 0.3) is 0 Å². The molecule has 0 radical (unpaired) electrons. The van der Waals surface area contributed by atoms with Gasteiger partial charge in [0, 0.05) is 0 Å². The zero-order valence-corrected chi connectivity index (χ0v) is 6.78. The van der Waals surface area contributed by atoms with Gasteiger partial charge in [-0.15, -0.1) is 0 Å². The third kappa shape index (κ3) is 245. The third-order valence-corrected chi connectivity index (χ3v) is 0. The van der Waals surface area contributed by atoms with E-state index in [4.69, 9.17) is 0 Å². The van der Waals surface area contributed by atoms with E-state index < -0.39 is 0 Å². The minimum atomic E-state index is 0. The molecular formula is H8F5Sb. The standard InChI is InChI=1S/5FH.Sb.3H/h5*1H;;;;. The van der Waals surface area contributed by atoms with Gasteiger partial charge in [-0.25, -0.2) is 0 Å². The van der Waals surface area contributed by atoms with Crippen LogP contribution in [-0.2, 0) is 0 Å². The summed E-state index contributed by atoms with van der Waals surface area (Å²) in [7, 11) is 0. The second-order valence-corrected chi connectivity index (χ2v) is 0. The third-order valence-electron chi connectivity index (χ3n) is 0. The maximum absolute atomic E-state index is 0. The van der Waals surface area contributed by atoms with E-state index in [-0.39, 0.29) is 47.9 Å². The Bertz CT molecular complexity index is 3.90. The fourth-order valence-corrected chi connectivity index (χ4v) is 0. The number of hydrogen-bond donors (Lipinski definition) is 0. The summed E-state index contributed by atoms with van der Waals surface area (Å²) in [5, 5.41) is 0. The first-order chi connectivity index (χ1) is 0. The van der Waals surface area contributed by atoms with Crippen LogP contribution < -0.4 is 0 Å². The Hall–Kier alpha value is 0.468. The quantitative estimate of drug-likeness (QED) is 0.388. The summed E-state index contributed by atoms with van der Waals surface area (Å²) in [6.07, 6.45) is 0. The van der Waals surface area contributed by atoms with Gasteiger partial charge in [0.05, 0.1) is 0 Å². The van der Waals surface area contributed by atoms with Gasteiger partial charge >= 0.3 is 24.4 Å². The summed E-state index contributed by atoms with van der Waals surface area (Å²) in [5.41, 5.74) is 0. The van der Waals surface area contributed by atoms with Crippen molar-refractivity contribution in [3.63, 3.8) is 0 Å². The van der Waals surface area contributed by atoms with Crippen molar-refractivity contribution in [3.8, 4) is 0 Å². The molecule has 6 heavy (non-hydrogen) atoms. The number of rotatable bonds is 0. The molecule has 0 aliphatic heterocycles. The molecule has 0 amide bonds. The van der Waals surface area contributed by atoms with Crippen LogP contribution in [0.1, 0.15) is 0 Å². The summed E-state index contributed by atoms with van der Waals surface area (Å²) in [6.45, 7) is 0. The van der Waals surface area contributed by atoms with Crippen molar-refractivity contribution in [2.24, 2.45) is 0 Å². The molecule has 0 heterocycles. The fourth-order valence-electron chi connectivity index (χ4n) is 0. The van der Waals surface area contributed by atoms with Crippen molar-refractivity contribution < 1.29 is 23.5 Å². The van der Waals surface area contributed by atoms with Gasteiger partial charge < -0.3 is 0 Å². The van der Waals surface area contributed by atoms with Crippen LogP contribution in [0.4, 0.5) is 23.5 Å². The first-order valence-electron chi connectivity index (χ1n) is 0.